The zero-order valence-corrected chi connectivity index (χ0v) is 15.4. The maximum Gasteiger partial charge on any atom is 0.459 e. The Bertz CT molecular complexity index is 1100. The molecule has 1 aromatic heterocycles. The first-order valence-electron chi connectivity index (χ1n) is 7.88. The molecule has 2 aromatic rings. The van der Waals surface area contributed by atoms with E-state index in [9.17, 15) is 44.8 Å². The molecular formula is C16H10F8N5O2+. The Morgan fingerprint density at radius 3 is 2.19 bits per heavy atom. The predicted octanol–water partition coefficient (Wildman–Crippen LogP) is 4.26. The second kappa shape index (κ2) is 7.60. The molecule has 1 aromatic carbocycles. The molecule has 7 nitrogen and oxygen atoms in total. The van der Waals surface area contributed by atoms with Crippen molar-refractivity contribution < 1.29 is 44.7 Å². The van der Waals surface area contributed by atoms with Gasteiger partial charge in [-0.3, -0.25) is 9.48 Å². The van der Waals surface area contributed by atoms with E-state index in [-0.39, 0.29) is 20.7 Å². The molecule has 1 amide bonds. The summed E-state index contributed by atoms with van der Waals surface area (Å²) >= 11 is 0. The molecule has 0 aliphatic heterocycles. The fourth-order valence-electron chi connectivity index (χ4n) is 2.50. The lowest BCUT2D eigenvalue weighted by atomic mass is 10.1. The summed E-state index contributed by atoms with van der Waals surface area (Å²) in [7, 11) is 1.59. The van der Waals surface area contributed by atoms with Gasteiger partial charge in [0.15, 0.2) is 12.7 Å². The topological polar surface area (TPSA) is 90.8 Å². The number of carbonyl (C=O) groups is 1. The highest BCUT2D eigenvalue weighted by Gasteiger charge is 2.64. The minimum absolute atomic E-state index is 0.0139. The molecule has 15 heteroatoms. The highest BCUT2D eigenvalue weighted by atomic mass is 19.4. The molecule has 0 atom stereocenters. The Balaban J connectivity index is 2.61. The number of rotatable bonds is 4. The molecule has 0 radical (unpaired) electrons. The van der Waals surface area contributed by atoms with Crippen molar-refractivity contribution in [3.8, 4) is 6.07 Å². The van der Waals surface area contributed by atoms with Gasteiger partial charge in [-0.15, -0.1) is 0 Å². The standard InChI is InChI=1S/C16H9F8N5O2/c1-28-12(10(15(19,20)21)11(27-28)14(17,18)16(22,23)24)26-13(30)7-3-4-8(6-25)9(5-7)29(2)31/h3-5H,1-2H3/p+1. The molecule has 1 heterocycles. The summed E-state index contributed by atoms with van der Waals surface area (Å²) in [4.78, 5) is 23.8. The smallest absolute Gasteiger partial charge is 0.306 e. The van der Waals surface area contributed by atoms with Crippen LogP contribution in [-0.2, 0) is 19.1 Å². The first-order chi connectivity index (χ1) is 14.0. The van der Waals surface area contributed by atoms with Gasteiger partial charge in [-0.25, -0.2) is 0 Å². The summed E-state index contributed by atoms with van der Waals surface area (Å²) in [6.45, 7) is 0. The fraction of sp³-hybridized carbons (Fsp3) is 0.312. The summed E-state index contributed by atoms with van der Waals surface area (Å²) in [5, 5.41) is 13.2. The lowest BCUT2D eigenvalue weighted by Crippen LogP contribution is -2.36. The van der Waals surface area contributed by atoms with Crippen LogP contribution in [0.1, 0.15) is 27.2 Å². The lowest BCUT2D eigenvalue weighted by Gasteiger charge is -2.19. The van der Waals surface area contributed by atoms with Crippen molar-refractivity contribution in [2.24, 2.45) is 7.05 Å². The maximum absolute atomic E-state index is 13.6. The van der Waals surface area contributed by atoms with Gasteiger partial charge in [-0.05, 0) is 12.1 Å². The van der Waals surface area contributed by atoms with Crippen LogP contribution in [-0.4, -0.2) is 33.7 Å². The molecule has 166 valence electrons. The van der Waals surface area contributed by atoms with E-state index < -0.39 is 46.8 Å². The zero-order valence-electron chi connectivity index (χ0n) is 15.4. The second-order valence-corrected chi connectivity index (χ2v) is 6.06. The van der Waals surface area contributed by atoms with Gasteiger partial charge in [-0.2, -0.15) is 45.5 Å². The van der Waals surface area contributed by atoms with Crippen LogP contribution >= 0.6 is 0 Å². The van der Waals surface area contributed by atoms with E-state index in [0.717, 1.165) is 25.2 Å². The number of hydrogen-bond donors (Lipinski definition) is 1. The number of aromatic nitrogens is 2. The van der Waals surface area contributed by atoms with Crippen molar-refractivity contribution in [1.82, 2.24) is 9.78 Å². The molecule has 0 fully saturated rings. The summed E-state index contributed by atoms with van der Waals surface area (Å²) in [5.74, 6) is -8.83. The van der Waals surface area contributed by atoms with Gasteiger partial charge in [0, 0.05) is 28.3 Å². The van der Waals surface area contributed by atoms with Crippen molar-refractivity contribution in [2.75, 3.05) is 12.4 Å². The van der Waals surface area contributed by atoms with Crippen LogP contribution in [0.2, 0.25) is 0 Å². The van der Waals surface area contributed by atoms with Gasteiger partial charge < -0.3 is 5.32 Å². The summed E-state index contributed by atoms with van der Waals surface area (Å²) < 4.78 is 106. The number of carbonyl (C=O) groups excluding carboxylic acids is 1. The van der Waals surface area contributed by atoms with Gasteiger partial charge in [0.25, 0.3) is 11.6 Å². The van der Waals surface area contributed by atoms with Crippen LogP contribution in [0.15, 0.2) is 18.2 Å². The van der Waals surface area contributed by atoms with E-state index in [1.165, 1.54) is 0 Å². The number of halogens is 8. The molecule has 0 saturated heterocycles. The first kappa shape index (κ1) is 23.7. The third-order valence-corrected chi connectivity index (χ3v) is 3.94. The second-order valence-electron chi connectivity index (χ2n) is 6.06. The number of nitroso groups, excluding NO2 is 1. The molecule has 2 rings (SSSR count). The number of nitriles is 1. The third kappa shape index (κ3) is 4.32. The maximum atomic E-state index is 13.6. The largest absolute Gasteiger partial charge is 0.459 e. The molecule has 1 N–H and O–H groups in total. The Morgan fingerprint density at radius 2 is 1.74 bits per heavy atom. The summed E-state index contributed by atoms with van der Waals surface area (Å²) in [6, 6.07) is 4.40. The van der Waals surface area contributed by atoms with Gasteiger partial charge in [0.05, 0.1) is 0 Å². The van der Waals surface area contributed by atoms with Gasteiger partial charge >= 0.3 is 18.3 Å². The van der Waals surface area contributed by atoms with E-state index in [2.05, 4.69) is 5.10 Å². The number of aryl methyl sites for hydroxylation is 1. The van der Waals surface area contributed by atoms with Crippen LogP contribution < -0.4 is 5.32 Å². The van der Waals surface area contributed by atoms with E-state index in [4.69, 9.17) is 5.26 Å². The highest BCUT2D eigenvalue weighted by molar-refractivity contribution is 6.04. The van der Waals surface area contributed by atoms with E-state index in [1.807, 2.05) is 0 Å². The monoisotopic (exact) mass is 456 g/mol. The van der Waals surface area contributed by atoms with E-state index >= 15 is 0 Å². The minimum Gasteiger partial charge on any atom is -0.306 e. The average molecular weight is 456 g/mol. The molecule has 0 unspecified atom stereocenters. The van der Waals surface area contributed by atoms with Gasteiger partial charge in [-0.1, -0.05) is 0 Å². The minimum atomic E-state index is -6.39. The lowest BCUT2D eigenvalue weighted by molar-refractivity contribution is -0.428. The Morgan fingerprint density at radius 1 is 1.16 bits per heavy atom. The summed E-state index contributed by atoms with van der Waals surface area (Å²) in [5.41, 5.74) is -6.11. The Hall–Kier alpha value is -3.57. The Labute approximate surface area is 167 Å². The number of amides is 1. The van der Waals surface area contributed by atoms with Crippen LogP contribution in [0, 0.1) is 16.2 Å². The average Bonchev–Trinajstić information content (AvgIpc) is 2.97. The van der Waals surface area contributed by atoms with Crippen molar-refractivity contribution in [1.29, 1.82) is 5.26 Å². The fourth-order valence-corrected chi connectivity index (χ4v) is 2.50. The first-order valence-corrected chi connectivity index (χ1v) is 7.88. The van der Waals surface area contributed by atoms with E-state index in [1.54, 1.807) is 11.4 Å². The highest BCUT2D eigenvalue weighted by Crippen LogP contribution is 2.49. The SMILES string of the molecule is Cn1nc(C(F)(F)C(F)(F)F)c(C(F)(F)F)c1NC(=O)c1ccc(C#N)c([N+](C)=O)c1. The van der Waals surface area contributed by atoms with Crippen molar-refractivity contribution >= 4 is 17.4 Å². The molecule has 0 spiro atoms. The molecular weight excluding hydrogens is 446 g/mol. The number of hydrogen-bond acceptors (Lipinski definition) is 4. The van der Waals surface area contributed by atoms with Crippen molar-refractivity contribution in [2.45, 2.75) is 18.3 Å². The molecule has 0 aliphatic rings. The van der Waals surface area contributed by atoms with Crippen LogP contribution in [0.3, 0.4) is 0 Å². The quantitative estimate of drug-likeness (QED) is 0.550. The molecule has 0 bridgehead atoms. The third-order valence-electron chi connectivity index (χ3n) is 3.94. The summed E-state index contributed by atoms with van der Waals surface area (Å²) in [6.07, 6.45) is -12.1. The number of alkyl halides is 8. The molecule has 0 saturated carbocycles. The molecule has 0 aliphatic carbocycles. The normalized spacial score (nSPS) is 12.4. The Kier molecular flexibility index (Phi) is 5.81. The van der Waals surface area contributed by atoms with Crippen LogP contribution in [0.25, 0.3) is 0 Å². The van der Waals surface area contributed by atoms with E-state index in [0.29, 0.717) is 7.05 Å². The number of anilines is 1. The van der Waals surface area contributed by atoms with Crippen LogP contribution in [0.5, 0.6) is 0 Å². The van der Waals surface area contributed by atoms with Gasteiger partial charge in [0.2, 0.25) is 0 Å². The van der Waals surface area contributed by atoms with Crippen molar-refractivity contribution in [3.63, 3.8) is 0 Å². The zero-order chi connectivity index (χ0) is 23.9. The van der Waals surface area contributed by atoms with Gasteiger partial charge in [0.1, 0.15) is 23.0 Å². The van der Waals surface area contributed by atoms with Crippen LogP contribution in [0.4, 0.5) is 46.6 Å². The van der Waals surface area contributed by atoms with Crippen molar-refractivity contribution in [3.05, 3.63) is 45.5 Å². The molecule has 31 heavy (non-hydrogen) atoms. The number of benzene rings is 1. The number of nitrogens with zero attached hydrogens (tertiary/aromatic N) is 4. The number of nitrogens with one attached hydrogen (secondary N) is 1. The predicted molar refractivity (Wildman–Crippen MR) is 86.5 cm³/mol.